The third-order valence-corrected chi connectivity index (χ3v) is 9.52. The Balaban J connectivity index is 1.33. The molecule has 1 aromatic heterocycles. The highest BCUT2D eigenvalue weighted by Gasteiger charge is 2.72. The Morgan fingerprint density at radius 1 is 1.12 bits per heavy atom. The first-order valence-electron chi connectivity index (χ1n) is 14.4. The molecule has 2 saturated heterocycles. The summed E-state index contributed by atoms with van der Waals surface area (Å²) in [4.78, 5) is 47.9. The minimum Gasteiger partial charge on any atom is -0.359 e. The van der Waals surface area contributed by atoms with Crippen LogP contribution in [0.15, 0.2) is 54.9 Å². The van der Waals surface area contributed by atoms with Gasteiger partial charge in [-0.15, -0.1) is 0 Å². The summed E-state index contributed by atoms with van der Waals surface area (Å²) >= 11 is 0. The van der Waals surface area contributed by atoms with E-state index in [0.717, 1.165) is 36.0 Å². The maximum atomic E-state index is 14.2. The molecular formula is C32H38N4O4. The van der Waals surface area contributed by atoms with E-state index in [0.29, 0.717) is 17.5 Å². The fourth-order valence-corrected chi connectivity index (χ4v) is 7.45. The number of fused-ring (bicyclic) bond motifs is 1. The van der Waals surface area contributed by atoms with Crippen LogP contribution in [0.4, 0.5) is 5.69 Å². The number of rotatable bonds is 6. The Labute approximate surface area is 235 Å². The van der Waals surface area contributed by atoms with Gasteiger partial charge in [-0.05, 0) is 67.0 Å². The summed E-state index contributed by atoms with van der Waals surface area (Å²) in [6.07, 6.45) is 9.67. The van der Waals surface area contributed by atoms with E-state index >= 15 is 0 Å². The maximum Gasteiger partial charge on any atom is 0.246 e. The lowest BCUT2D eigenvalue weighted by molar-refractivity contribution is -0.142. The van der Waals surface area contributed by atoms with Crippen LogP contribution in [0.2, 0.25) is 0 Å². The molecule has 8 atom stereocenters. The number of benzene rings is 1. The molecule has 2 bridgehead atoms. The number of nitrogens with one attached hydrogen (secondary N) is 2. The number of ether oxygens (including phenoxy) is 1. The number of hydrogen-bond acceptors (Lipinski definition) is 5. The molecule has 1 aliphatic carbocycles. The highest BCUT2D eigenvalue weighted by atomic mass is 16.5. The fourth-order valence-electron chi connectivity index (χ4n) is 7.45. The summed E-state index contributed by atoms with van der Waals surface area (Å²) in [7, 11) is 0. The van der Waals surface area contributed by atoms with Crippen LogP contribution in [-0.4, -0.2) is 51.4 Å². The van der Waals surface area contributed by atoms with Crippen LogP contribution in [0, 0.1) is 37.5 Å². The van der Waals surface area contributed by atoms with E-state index in [1.54, 1.807) is 17.3 Å². The van der Waals surface area contributed by atoms with Gasteiger partial charge in [-0.1, -0.05) is 51.0 Å². The Morgan fingerprint density at radius 2 is 1.90 bits per heavy atom. The molecule has 4 aliphatic rings. The minimum atomic E-state index is -1.19. The van der Waals surface area contributed by atoms with Gasteiger partial charge in [0.1, 0.15) is 11.6 Å². The predicted octanol–water partition coefficient (Wildman–Crippen LogP) is 3.93. The number of amides is 3. The normalized spacial score (nSPS) is 34.1. The Bertz CT molecular complexity index is 1340. The second-order valence-corrected chi connectivity index (χ2v) is 12.3. The number of nitrogens with zero attached hydrogens (tertiary/aromatic N) is 2. The van der Waals surface area contributed by atoms with Gasteiger partial charge in [0.25, 0.3) is 0 Å². The van der Waals surface area contributed by atoms with Gasteiger partial charge in [-0.3, -0.25) is 19.4 Å². The second kappa shape index (κ2) is 10.1. The maximum absolute atomic E-state index is 14.2. The molecule has 8 nitrogen and oxygen atoms in total. The molecule has 0 unspecified atom stereocenters. The minimum absolute atomic E-state index is 0.0354. The van der Waals surface area contributed by atoms with Gasteiger partial charge in [0, 0.05) is 30.7 Å². The van der Waals surface area contributed by atoms with Crippen LogP contribution in [0.5, 0.6) is 0 Å². The van der Waals surface area contributed by atoms with E-state index < -0.39 is 29.6 Å². The van der Waals surface area contributed by atoms with Gasteiger partial charge >= 0.3 is 0 Å². The van der Waals surface area contributed by atoms with Crippen molar-refractivity contribution in [2.24, 2.45) is 23.7 Å². The van der Waals surface area contributed by atoms with E-state index in [-0.39, 0.29) is 30.3 Å². The number of carbonyl (C=O) groups excluding carboxylic acids is 3. The standard InChI is InChI=1S/C32H38N4O4/c1-18-13-19(2)15-23(14-18)34-29(37)26-25-10-11-32(40-25)27(26)31(39)36(17-22-8-6-12-33-16-22)28(32)30(38)35-24-9-5-7-20(3)21(24)4/h6,8,10-16,20-21,24-28H,5,7,9,17H2,1-4H3,(H,34,37)(H,35,38)/t20-,21+,24-,25+,26-,27+,28+,32+/m1/s1. The number of hydrogen-bond donors (Lipinski definition) is 2. The monoisotopic (exact) mass is 542 g/mol. The molecule has 3 aliphatic heterocycles. The zero-order valence-corrected chi connectivity index (χ0v) is 23.6. The fraction of sp³-hybridized carbons (Fsp3) is 0.500. The molecule has 2 N–H and O–H groups in total. The molecule has 3 amide bonds. The van der Waals surface area contributed by atoms with E-state index in [2.05, 4.69) is 29.5 Å². The van der Waals surface area contributed by atoms with Gasteiger partial charge < -0.3 is 20.3 Å². The summed E-state index contributed by atoms with van der Waals surface area (Å²) in [5, 5.41) is 6.33. The zero-order chi connectivity index (χ0) is 28.2. The van der Waals surface area contributed by atoms with Crippen LogP contribution in [-0.2, 0) is 25.7 Å². The molecule has 6 rings (SSSR count). The Kier molecular flexibility index (Phi) is 6.77. The van der Waals surface area contributed by atoms with Crippen molar-refractivity contribution in [1.82, 2.24) is 15.2 Å². The highest BCUT2D eigenvalue weighted by Crippen LogP contribution is 2.55. The molecule has 4 heterocycles. The first-order chi connectivity index (χ1) is 19.2. The molecule has 1 spiro atoms. The molecule has 40 heavy (non-hydrogen) atoms. The van der Waals surface area contributed by atoms with Crippen molar-refractivity contribution in [1.29, 1.82) is 0 Å². The lowest BCUT2D eigenvalue weighted by Gasteiger charge is -2.38. The van der Waals surface area contributed by atoms with Crippen LogP contribution in [0.25, 0.3) is 0 Å². The highest BCUT2D eigenvalue weighted by molar-refractivity contribution is 6.02. The smallest absolute Gasteiger partial charge is 0.246 e. The second-order valence-electron chi connectivity index (χ2n) is 12.3. The first-order valence-corrected chi connectivity index (χ1v) is 14.4. The summed E-state index contributed by atoms with van der Waals surface area (Å²) in [5.41, 5.74) is 2.40. The third kappa shape index (κ3) is 4.42. The van der Waals surface area contributed by atoms with Gasteiger partial charge in [0.05, 0.1) is 17.9 Å². The Morgan fingerprint density at radius 3 is 2.62 bits per heavy atom. The van der Waals surface area contributed by atoms with Crippen molar-refractivity contribution in [3.8, 4) is 0 Å². The van der Waals surface area contributed by atoms with Gasteiger partial charge in [0.2, 0.25) is 17.7 Å². The van der Waals surface area contributed by atoms with Gasteiger partial charge in [0.15, 0.2) is 0 Å². The first kappa shape index (κ1) is 26.7. The zero-order valence-electron chi connectivity index (χ0n) is 23.6. The molecule has 1 aromatic carbocycles. The molecule has 8 heteroatoms. The third-order valence-electron chi connectivity index (χ3n) is 9.52. The molecule has 0 radical (unpaired) electrons. The topological polar surface area (TPSA) is 101 Å². The van der Waals surface area contributed by atoms with Crippen LogP contribution in [0.1, 0.15) is 49.8 Å². The molecule has 1 saturated carbocycles. The SMILES string of the molecule is Cc1cc(C)cc(NC(=O)[C@@H]2[C@@H]3C=C[C@]4(O3)[C@@H]2C(=O)N(Cc2cccnc2)[C@H]4C(=O)N[C@@H]2CCC[C@@H](C)[C@@H]2C)c1. The predicted molar refractivity (Wildman–Crippen MR) is 151 cm³/mol. The number of anilines is 1. The molecule has 3 fully saturated rings. The van der Waals surface area contributed by atoms with Crippen LogP contribution >= 0.6 is 0 Å². The summed E-state index contributed by atoms with van der Waals surface area (Å²) < 4.78 is 6.50. The molecular weight excluding hydrogens is 504 g/mol. The average molecular weight is 543 g/mol. The summed E-state index contributed by atoms with van der Waals surface area (Å²) in [6, 6.07) is 8.74. The lowest BCUT2D eigenvalue weighted by atomic mass is 9.73. The van der Waals surface area contributed by atoms with Crippen molar-refractivity contribution in [3.63, 3.8) is 0 Å². The molecule has 210 valence electrons. The van der Waals surface area contributed by atoms with Crippen molar-refractivity contribution < 1.29 is 19.1 Å². The number of likely N-dealkylation sites (tertiary alicyclic amines) is 1. The van der Waals surface area contributed by atoms with Gasteiger partial charge in [-0.25, -0.2) is 0 Å². The largest absolute Gasteiger partial charge is 0.359 e. The van der Waals surface area contributed by atoms with Gasteiger partial charge in [-0.2, -0.15) is 0 Å². The number of aromatic nitrogens is 1. The average Bonchev–Trinajstić information content (AvgIpc) is 3.54. The van der Waals surface area contributed by atoms with Crippen molar-refractivity contribution in [3.05, 3.63) is 71.6 Å². The summed E-state index contributed by atoms with van der Waals surface area (Å²) in [6.45, 7) is 8.60. The lowest BCUT2D eigenvalue weighted by Crippen LogP contribution is -2.57. The van der Waals surface area contributed by atoms with Crippen molar-refractivity contribution in [2.45, 2.75) is 77.3 Å². The van der Waals surface area contributed by atoms with E-state index in [9.17, 15) is 14.4 Å². The number of pyridine rings is 1. The van der Waals surface area contributed by atoms with Crippen molar-refractivity contribution in [2.75, 3.05) is 5.32 Å². The number of carbonyl (C=O) groups is 3. The van der Waals surface area contributed by atoms with Crippen LogP contribution < -0.4 is 10.6 Å². The van der Waals surface area contributed by atoms with Crippen molar-refractivity contribution >= 4 is 23.4 Å². The Hall–Kier alpha value is -3.52. The van der Waals surface area contributed by atoms with E-state index in [1.165, 1.54) is 0 Å². The van der Waals surface area contributed by atoms with E-state index in [1.807, 2.05) is 56.3 Å². The number of aryl methyl sites for hydroxylation is 2. The molecule has 2 aromatic rings. The van der Waals surface area contributed by atoms with Crippen LogP contribution in [0.3, 0.4) is 0 Å². The van der Waals surface area contributed by atoms with E-state index in [4.69, 9.17) is 4.74 Å². The quantitative estimate of drug-likeness (QED) is 0.539. The summed E-state index contributed by atoms with van der Waals surface area (Å²) in [5.74, 6) is -1.39.